The van der Waals surface area contributed by atoms with Gasteiger partial charge in [0.1, 0.15) is 5.75 Å². The Morgan fingerprint density at radius 3 is 2.65 bits per heavy atom. The van der Waals surface area contributed by atoms with Crippen LogP contribution in [0.2, 0.25) is 5.02 Å². The quantitative estimate of drug-likeness (QED) is 0.872. The predicted octanol–water partition coefficient (Wildman–Crippen LogP) is 2.08. The largest absolute Gasteiger partial charge is 0.496 e. The molecular formula is C14H16ClNO4. The molecule has 1 fully saturated rings. The van der Waals surface area contributed by atoms with Gasteiger partial charge in [0, 0.05) is 17.1 Å². The van der Waals surface area contributed by atoms with Gasteiger partial charge in [-0.3, -0.25) is 9.59 Å². The lowest BCUT2D eigenvalue weighted by atomic mass is 9.73. The second kappa shape index (κ2) is 6.13. The summed E-state index contributed by atoms with van der Waals surface area (Å²) in [6.07, 6.45) is 1.19. The number of halogens is 1. The van der Waals surface area contributed by atoms with Gasteiger partial charge in [0.05, 0.1) is 18.9 Å². The van der Waals surface area contributed by atoms with Crippen LogP contribution in [0.15, 0.2) is 18.2 Å². The number of benzene rings is 1. The molecule has 1 aliphatic carbocycles. The Hall–Kier alpha value is -1.75. The van der Waals surface area contributed by atoms with Crippen molar-refractivity contribution in [1.29, 1.82) is 0 Å². The maximum atomic E-state index is 11.9. The third-order valence-corrected chi connectivity index (χ3v) is 3.87. The van der Waals surface area contributed by atoms with E-state index >= 15 is 0 Å². The van der Waals surface area contributed by atoms with Gasteiger partial charge in [-0.2, -0.15) is 0 Å². The standard InChI is InChI=1S/C14H16ClNO4/c1-20-12-6-9(15)3-2-8(12)7-16-13(17)10-4-5-11(10)14(18)19/h2-3,6,10-11H,4-5,7H2,1H3,(H,16,17)(H,18,19). The Labute approximate surface area is 121 Å². The van der Waals surface area contributed by atoms with Gasteiger partial charge in [-0.1, -0.05) is 17.7 Å². The van der Waals surface area contributed by atoms with Gasteiger partial charge in [0.2, 0.25) is 5.91 Å². The molecule has 0 bridgehead atoms. The molecule has 2 unspecified atom stereocenters. The van der Waals surface area contributed by atoms with Gasteiger partial charge in [0.15, 0.2) is 0 Å². The first kappa shape index (κ1) is 14.7. The molecule has 1 aliphatic rings. The molecule has 108 valence electrons. The van der Waals surface area contributed by atoms with E-state index in [2.05, 4.69) is 5.32 Å². The van der Waals surface area contributed by atoms with Gasteiger partial charge in [-0.05, 0) is 25.0 Å². The first-order valence-electron chi connectivity index (χ1n) is 6.36. The van der Waals surface area contributed by atoms with Crippen molar-refractivity contribution in [2.45, 2.75) is 19.4 Å². The summed E-state index contributed by atoms with van der Waals surface area (Å²) in [7, 11) is 1.53. The van der Waals surface area contributed by atoms with Crippen LogP contribution >= 0.6 is 11.6 Å². The van der Waals surface area contributed by atoms with Gasteiger partial charge in [-0.25, -0.2) is 0 Å². The summed E-state index contributed by atoms with van der Waals surface area (Å²) in [6.45, 7) is 0.294. The molecule has 1 saturated carbocycles. The van der Waals surface area contributed by atoms with E-state index < -0.39 is 17.8 Å². The molecule has 2 rings (SSSR count). The maximum absolute atomic E-state index is 11.9. The molecule has 0 heterocycles. The summed E-state index contributed by atoms with van der Waals surface area (Å²) < 4.78 is 5.19. The highest BCUT2D eigenvalue weighted by Gasteiger charge is 2.41. The highest BCUT2D eigenvalue weighted by Crippen LogP contribution is 2.34. The summed E-state index contributed by atoms with van der Waals surface area (Å²) in [6, 6.07) is 5.16. The van der Waals surface area contributed by atoms with E-state index in [1.807, 2.05) is 0 Å². The molecule has 0 aromatic heterocycles. The number of rotatable bonds is 5. The number of carboxylic acid groups (broad SMARTS) is 1. The van der Waals surface area contributed by atoms with Crippen molar-refractivity contribution in [1.82, 2.24) is 5.32 Å². The minimum absolute atomic E-state index is 0.222. The number of nitrogens with one attached hydrogen (secondary N) is 1. The molecule has 2 atom stereocenters. The van der Waals surface area contributed by atoms with E-state index in [-0.39, 0.29) is 5.91 Å². The summed E-state index contributed by atoms with van der Waals surface area (Å²) in [5.41, 5.74) is 0.802. The Balaban J connectivity index is 1.95. The second-order valence-electron chi connectivity index (χ2n) is 4.80. The van der Waals surface area contributed by atoms with Crippen molar-refractivity contribution < 1.29 is 19.4 Å². The number of hydrogen-bond donors (Lipinski definition) is 2. The molecular weight excluding hydrogens is 282 g/mol. The van der Waals surface area contributed by atoms with E-state index in [0.717, 1.165) is 5.56 Å². The number of carboxylic acids is 1. The van der Waals surface area contributed by atoms with Crippen molar-refractivity contribution in [3.05, 3.63) is 28.8 Å². The molecule has 1 aromatic rings. The van der Waals surface area contributed by atoms with Gasteiger partial charge in [0.25, 0.3) is 0 Å². The Bertz CT molecular complexity index is 532. The third kappa shape index (κ3) is 3.04. The van der Waals surface area contributed by atoms with E-state index in [1.165, 1.54) is 7.11 Å². The Morgan fingerprint density at radius 2 is 2.10 bits per heavy atom. The zero-order chi connectivity index (χ0) is 14.7. The van der Waals surface area contributed by atoms with Gasteiger partial charge in [-0.15, -0.1) is 0 Å². The molecule has 0 spiro atoms. The van der Waals surface area contributed by atoms with Crippen LogP contribution in [-0.4, -0.2) is 24.1 Å². The number of carbonyl (C=O) groups excluding carboxylic acids is 1. The van der Waals surface area contributed by atoms with Crippen LogP contribution in [0, 0.1) is 11.8 Å². The molecule has 0 saturated heterocycles. The number of amides is 1. The minimum atomic E-state index is -0.902. The average molecular weight is 298 g/mol. The Morgan fingerprint density at radius 1 is 1.40 bits per heavy atom. The minimum Gasteiger partial charge on any atom is -0.496 e. The fourth-order valence-corrected chi connectivity index (χ4v) is 2.45. The number of ether oxygens (including phenoxy) is 1. The van der Waals surface area contributed by atoms with Crippen LogP contribution < -0.4 is 10.1 Å². The number of hydrogen-bond acceptors (Lipinski definition) is 3. The lowest BCUT2D eigenvalue weighted by Crippen LogP contribution is -2.43. The highest BCUT2D eigenvalue weighted by atomic mass is 35.5. The first-order valence-corrected chi connectivity index (χ1v) is 6.73. The van der Waals surface area contributed by atoms with Crippen LogP contribution in [0.3, 0.4) is 0 Å². The second-order valence-corrected chi connectivity index (χ2v) is 5.24. The predicted molar refractivity (Wildman–Crippen MR) is 73.7 cm³/mol. The van der Waals surface area contributed by atoms with Crippen LogP contribution in [0.25, 0.3) is 0 Å². The van der Waals surface area contributed by atoms with Gasteiger partial charge < -0.3 is 15.2 Å². The summed E-state index contributed by atoms with van der Waals surface area (Å²) >= 11 is 5.86. The topological polar surface area (TPSA) is 75.6 Å². The van der Waals surface area contributed by atoms with E-state index in [9.17, 15) is 9.59 Å². The van der Waals surface area contributed by atoms with E-state index in [1.54, 1.807) is 18.2 Å². The van der Waals surface area contributed by atoms with Crippen LogP contribution in [0.4, 0.5) is 0 Å². The third-order valence-electron chi connectivity index (χ3n) is 3.63. The summed E-state index contributed by atoms with van der Waals surface area (Å²) in [5.74, 6) is -1.50. The number of aliphatic carboxylic acids is 1. The normalized spacial score (nSPS) is 20.9. The maximum Gasteiger partial charge on any atom is 0.307 e. The Kier molecular flexibility index (Phi) is 4.49. The lowest BCUT2D eigenvalue weighted by Gasteiger charge is -2.31. The summed E-state index contributed by atoms with van der Waals surface area (Å²) in [4.78, 5) is 22.8. The van der Waals surface area contributed by atoms with Crippen LogP contribution in [0.5, 0.6) is 5.75 Å². The molecule has 1 amide bonds. The van der Waals surface area contributed by atoms with E-state index in [0.29, 0.717) is 30.2 Å². The lowest BCUT2D eigenvalue weighted by molar-refractivity contribution is -0.152. The average Bonchev–Trinajstić information content (AvgIpc) is 2.35. The van der Waals surface area contributed by atoms with E-state index in [4.69, 9.17) is 21.4 Å². The fraction of sp³-hybridized carbons (Fsp3) is 0.429. The smallest absolute Gasteiger partial charge is 0.307 e. The highest BCUT2D eigenvalue weighted by molar-refractivity contribution is 6.30. The zero-order valence-corrected chi connectivity index (χ0v) is 11.8. The van der Waals surface area contributed by atoms with Crippen molar-refractivity contribution >= 4 is 23.5 Å². The fourth-order valence-electron chi connectivity index (χ4n) is 2.29. The molecule has 20 heavy (non-hydrogen) atoms. The monoisotopic (exact) mass is 297 g/mol. The zero-order valence-electron chi connectivity index (χ0n) is 11.1. The SMILES string of the molecule is COc1cc(Cl)ccc1CNC(=O)C1CCC1C(=O)O. The molecule has 0 radical (unpaired) electrons. The van der Waals surface area contributed by atoms with Crippen LogP contribution in [-0.2, 0) is 16.1 Å². The molecule has 2 N–H and O–H groups in total. The number of methoxy groups -OCH3 is 1. The molecule has 5 nitrogen and oxygen atoms in total. The van der Waals surface area contributed by atoms with Crippen LogP contribution in [0.1, 0.15) is 18.4 Å². The molecule has 6 heteroatoms. The molecule has 1 aromatic carbocycles. The summed E-state index contributed by atoms with van der Waals surface area (Å²) in [5, 5.41) is 12.2. The first-order chi connectivity index (χ1) is 9.52. The van der Waals surface area contributed by atoms with Crippen molar-refractivity contribution in [3.8, 4) is 5.75 Å². The number of carbonyl (C=O) groups is 2. The van der Waals surface area contributed by atoms with Crippen molar-refractivity contribution in [3.63, 3.8) is 0 Å². The van der Waals surface area contributed by atoms with Gasteiger partial charge >= 0.3 is 5.97 Å². The van der Waals surface area contributed by atoms with Crippen molar-refractivity contribution in [2.24, 2.45) is 11.8 Å². The van der Waals surface area contributed by atoms with Crippen molar-refractivity contribution in [2.75, 3.05) is 7.11 Å². The molecule has 0 aliphatic heterocycles.